The highest BCUT2D eigenvalue weighted by Gasteiger charge is 2.36. The summed E-state index contributed by atoms with van der Waals surface area (Å²) in [4.78, 5) is 25.4. The van der Waals surface area contributed by atoms with Crippen LogP contribution in [0, 0.1) is 10.1 Å². The predicted octanol–water partition coefficient (Wildman–Crippen LogP) is 2.99. The Hall–Kier alpha value is -2.74. The third kappa shape index (κ3) is 4.39. The molecule has 0 aromatic heterocycles. The Balaban J connectivity index is 1.96. The lowest BCUT2D eigenvalue weighted by atomic mass is 10.1. The monoisotopic (exact) mass is 402 g/mol. The fourth-order valence-corrected chi connectivity index (χ4v) is 5.16. The summed E-state index contributed by atoms with van der Waals surface area (Å²) >= 11 is 0. The second-order valence-electron chi connectivity index (χ2n) is 6.93. The fraction of sp³-hybridized carbons (Fsp3) is 0.350. The van der Waals surface area contributed by atoms with Crippen molar-refractivity contribution in [1.82, 2.24) is 4.90 Å². The Labute approximate surface area is 164 Å². The van der Waals surface area contributed by atoms with Crippen LogP contribution in [-0.2, 0) is 22.8 Å². The number of nitro benzene ring substituents is 1. The van der Waals surface area contributed by atoms with E-state index >= 15 is 0 Å². The highest BCUT2D eigenvalue weighted by molar-refractivity contribution is 7.91. The number of hydrogen-bond donors (Lipinski definition) is 0. The first-order chi connectivity index (χ1) is 13.3. The summed E-state index contributed by atoms with van der Waals surface area (Å²) in [6, 6.07) is 13.0. The van der Waals surface area contributed by atoms with Crippen molar-refractivity contribution in [2.75, 3.05) is 11.5 Å². The molecule has 1 saturated heterocycles. The average Bonchev–Trinajstić information content (AvgIpc) is 3.05. The quantitative estimate of drug-likeness (QED) is 0.546. The minimum atomic E-state index is -3.21. The molecule has 0 spiro atoms. The van der Waals surface area contributed by atoms with Crippen LogP contribution in [0.25, 0.3) is 0 Å². The maximum atomic E-state index is 13.2. The van der Waals surface area contributed by atoms with Gasteiger partial charge in [-0.15, -0.1) is 0 Å². The lowest BCUT2D eigenvalue weighted by Crippen LogP contribution is -2.40. The van der Waals surface area contributed by atoms with Crippen LogP contribution < -0.4 is 0 Å². The predicted molar refractivity (Wildman–Crippen MR) is 106 cm³/mol. The van der Waals surface area contributed by atoms with Crippen LogP contribution in [-0.4, -0.2) is 41.7 Å². The molecule has 2 aromatic carbocycles. The minimum Gasteiger partial charge on any atom is -0.330 e. The molecule has 0 N–H and O–H groups in total. The zero-order valence-corrected chi connectivity index (χ0v) is 16.4. The van der Waals surface area contributed by atoms with Gasteiger partial charge in [0.05, 0.1) is 16.4 Å². The van der Waals surface area contributed by atoms with Crippen LogP contribution in [0.15, 0.2) is 48.5 Å². The van der Waals surface area contributed by atoms with Crippen LogP contribution >= 0.6 is 0 Å². The molecule has 1 fully saturated rings. The molecular formula is C20H22N2O5S. The summed E-state index contributed by atoms with van der Waals surface area (Å²) in [5.74, 6) is -0.617. The van der Waals surface area contributed by atoms with Gasteiger partial charge in [-0.3, -0.25) is 14.9 Å². The summed E-state index contributed by atoms with van der Waals surface area (Å²) in [6.07, 6.45) is 1.22. The summed E-state index contributed by atoms with van der Waals surface area (Å²) in [5.41, 5.74) is 1.71. The number of para-hydroxylation sites is 1. The van der Waals surface area contributed by atoms with E-state index in [1.165, 1.54) is 23.1 Å². The molecule has 1 amide bonds. The topological polar surface area (TPSA) is 97.6 Å². The number of amides is 1. The second-order valence-corrected chi connectivity index (χ2v) is 9.16. The van der Waals surface area contributed by atoms with Crippen molar-refractivity contribution in [3.05, 3.63) is 75.3 Å². The smallest absolute Gasteiger partial charge is 0.282 e. The van der Waals surface area contributed by atoms with E-state index in [1.807, 2.05) is 31.2 Å². The highest BCUT2D eigenvalue weighted by atomic mass is 32.2. The van der Waals surface area contributed by atoms with Crippen LogP contribution in [0.5, 0.6) is 0 Å². The molecule has 0 aliphatic carbocycles. The van der Waals surface area contributed by atoms with Crippen LogP contribution in [0.4, 0.5) is 5.69 Å². The molecule has 1 aliphatic heterocycles. The van der Waals surface area contributed by atoms with E-state index in [9.17, 15) is 23.3 Å². The summed E-state index contributed by atoms with van der Waals surface area (Å²) in [6.45, 7) is 2.25. The van der Waals surface area contributed by atoms with Gasteiger partial charge in [-0.1, -0.05) is 43.3 Å². The lowest BCUT2D eigenvalue weighted by Gasteiger charge is -2.28. The first-order valence-corrected chi connectivity index (χ1v) is 11.0. The van der Waals surface area contributed by atoms with Gasteiger partial charge in [0.1, 0.15) is 5.56 Å². The van der Waals surface area contributed by atoms with E-state index in [2.05, 4.69) is 0 Å². The van der Waals surface area contributed by atoms with Gasteiger partial charge in [-0.25, -0.2) is 8.42 Å². The summed E-state index contributed by atoms with van der Waals surface area (Å²) < 4.78 is 23.9. The van der Waals surface area contributed by atoms with E-state index in [0.29, 0.717) is 6.42 Å². The molecule has 1 atom stereocenters. The molecule has 8 heteroatoms. The van der Waals surface area contributed by atoms with Crippen LogP contribution in [0.3, 0.4) is 0 Å². The molecular weight excluding hydrogens is 380 g/mol. The van der Waals surface area contributed by atoms with Gasteiger partial charge in [0.15, 0.2) is 9.84 Å². The molecule has 0 saturated carbocycles. The van der Waals surface area contributed by atoms with Gasteiger partial charge >= 0.3 is 0 Å². The van der Waals surface area contributed by atoms with Crippen molar-refractivity contribution >= 4 is 21.4 Å². The van der Waals surface area contributed by atoms with Crippen molar-refractivity contribution in [3.8, 4) is 0 Å². The Morgan fingerprint density at radius 1 is 1.14 bits per heavy atom. The van der Waals surface area contributed by atoms with Gasteiger partial charge in [-0.05, 0) is 30.0 Å². The van der Waals surface area contributed by atoms with Crippen LogP contribution in [0.2, 0.25) is 0 Å². The molecule has 1 heterocycles. The molecule has 0 radical (unpaired) electrons. The van der Waals surface area contributed by atoms with Gasteiger partial charge in [0.25, 0.3) is 11.6 Å². The molecule has 2 aromatic rings. The van der Waals surface area contributed by atoms with Gasteiger partial charge in [0, 0.05) is 18.7 Å². The minimum absolute atomic E-state index is 0.0209. The zero-order valence-electron chi connectivity index (χ0n) is 15.6. The normalized spacial score (nSPS) is 18.0. The van der Waals surface area contributed by atoms with Gasteiger partial charge in [-0.2, -0.15) is 0 Å². The standard InChI is InChI=1S/C20H22N2O5S/c1-2-15-7-9-16(10-8-15)13-21(17-11-12-28(26,27)14-17)20(23)18-5-3-4-6-19(18)22(24)25/h3-10,17H,2,11-14H2,1H3. The molecule has 7 nitrogen and oxygen atoms in total. The number of nitro groups is 1. The maximum Gasteiger partial charge on any atom is 0.282 e. The van der Waals surface area contributed by atoms with Crippen molar-refractivity contribution in [3.63, 3.8) is 0 Å². The number of hydrogen-bond acceptors (Lipinski definition) is 5. The molecule has 3 rings (SSSR count). The summed E-state index contributed by atoms with van der Waals surface area (Å²) in [5, 5.41) is 11.3. The zero-order chi connectivity index (χ0) is 20.3. The Morgan fingerprint density at radius 2 is 1.79 bits per heavy atom. The highest BCUT2D eigenvalue weighted by Crippen LogP contribution is 2.26. The van der Waals surface area contributed by atoms with E-state index in [1.54, 1.807) is 6.07 Å². The summed E-state index contributed by atoms with van der Waals surface area (Å²) in [7, 11) is -3.21. The molecule has 148 valence electrons. The largest absolute Gasteiger partial charge is 0.330 e. The first-order valence-electron chi connectivity index (χ1n) is 9.13. The van der Waals surface area contributed by atoms with Crippen LogP contribution in [0.1, 0.15) is 34.8 Å². The fourth-order valence-electron chi connectivity index (χ4n) is 3.43. The SMILES string of the molecule is CCc1ccc(CN(C(=O)c2ccccc2[N+](=O)[O-])C2CCS(=O)(=O)C2)cc1. The van der Waals surface area contributed by atoms with E-state index in [4.69, 9.17) is 0 Å². The number of aryl methyl sites for hydroxylation is 1. The first kappa shape index (κ1) is 20.0. The molecule has 1 unspecified atom stereocenters. The van der Waals surface area contributed by atoms with Crippen molar-refractivity contribution in [1.29, 1.82) is 0 Å². The second kappa shape index (κ2) is 8.10. The van der Waals surface area contributed by atoms with Crippen molar-refractivity contribution in [2.24, 2.45) is 0 Å². The lowest BCUT2D eigenvalue weighted by molar-refractivity contribution is -0.385. The Bertz CT molecular complexity index is 986. The van der Waals surface area contributed by atoms with E-state index < -0.39 is 26.7 Å². The number of nitrogens with zero attached hydrogens (tertiary/aromatic N) is 2. The Kier molecular flexibility index (Phi) is 5.79. The number of sulfone groups is 1. The van der Waals surface area contributed by atoms with Crippen molar-refractivity contribution < 1.29 is 18.1 Å². The van der Waals surface area contributed by atoms with Crippen molar-refractivity contribution in [2.45, 2.75) is 32.4 Å². The number of benzene rings is 2. The number of rotatable bonds is 6. The maximum absolute atomic E-state index is 13.2. The molecule has 28 heavy (non-hydrogen) atoms. The molecule has 0 bridgehead atoms. The van der Waals surface area contributed by atoms with Gasteiger partial charge in [0.2, 0.25) is 0 Å². The van der Waals surface area contributed by atoms with Gasteiger partial charge < -0.3 is 4.90 Å². The average molecular weight is 402 g/mol. The van der Waals surface area contributed by atoms with E-state index in [-0.39, 0.29) is 29.3 Å². The molecule has 1 aliphatic rings. The third-order valence-electron chi connectivity index (χ3n) is 5.03. The number of carbonyl (C=O) groups is 1. The third-order valence-corrected chi connectivity index (χ3v) is 6.78. The number of carbonyl (C=O) groups excluding carboxylic acids is 1. The Morgan fingerprint density at radius 3 is 2.36 bits per heavy atom. The van der Waals surface area contributed by atoms with E-state index in [0.717, 1.165) is 17.5 Å².